The molecule has 0 bridgehead atoms. The van der Waals surface area contributed by atoms with Crippen LogP contribution >= 0.6 is 11.1 Å². The molecule has 4 rings (SSSR count). The summed E-state index contributed by atoms with van der Waals surface area (Å²) in [4.78, 5) is 0. The van der Waals surface area contributed by atoms with Crippen LogP contribution in [0.2, 0.25) is 6.04 Å². The molecule has 0 fully saturated rings. The monoisotopic (exact) mass is 519 g/mol. The van der Waals surface area contributed by atoms with Crippen molar-refractivity contribution in [3.63, 3.8) is 0 Å². The second-order valence-corrected chi connectivity index (χ2v) is 10.5. The largest absolute Gasteiger partial charge is 1.00 e. The van der Waals surface area contributed by atoms with E-state index in [4.69, 9.17) is 11.1 Å². The van der Waals surface area contributed by atoms with Gasteiger partial charge >= 0.3 is 0 Å². The minimum atomic E-state index is -1.66. The molecule has 1 heterocycles. The zero-order valence-corrected chi connectivity index (χ0v) is 18.5. The third-order valence-electron chi connectivity index (χ3n) is 4.28. The summed E-state index contributed by atoms with van der Waals surface area (Å²) in [7, 11) is -1.66. The molecular weight excluding hydrogens is 505 g/mol. The Kier molecular flexibility index (Phi) is 6.25. The van der Waals surface area contributed by atoms with Gasteiger partial charge in [0.05, 0.1) is 0 Å². The van der Waals surface area contributed by atoms with Crippen LogP contribution in [0.5, 0.6) is 0 Å². The molecule has 5 heteroatoms. The second kappa shape index (κ2) is 6.80. The van der Waals surface area contributed by atoms with Gasteiger partial charge in [0, 0.05) is 25.8 Å². The van der Waals surface area contributed by atoms with E-state index >= 15 is 0 Å². The van der Waals surface area contributed by atoms with Crippen molar-refractivity contribution < 1.29 is 50.7 Å². The summed E-state index contributed by atoms with van der Waals surface area (Å²) >= 11 is 6.80. The molecule has 2 aromatic carbocycles. The summed E-state index contributed by atoms with van der Waals surface area (Å²) in [5, 5.41) is 5.83. The quantitative estimate of drug-likeness (QED) is 0.235. The van der Waals surface area contributed by atoms with E-state index in [2.05, 4.69) is 49.4 Å². The van der Waals surface area contributed by atoms with Gasteiger partial charge in [-0.25, -0.2) is 0 Å². The third-order valence-corrected chi connectivity index (χ3v) is 9.54. The van der Waals surface area contributed by atoms with Crippen LogP contribution in [0.25, 0.3) is 16.3 Å². The molecule has 0 amide bonds. The van der Waals surface area contributed by atoms with Crippen LogP contribution in [0.1, 0.15) is 18.9 Å². The molecule has 0 radical (unpaired) electrons. The van der Waals surface area contributed by atoms with Gasteiger partial charge in [-0.15, -0.1) is 39.3 Å². The number of allylic oxidation sites excluding steroid dienone is 4. The third kappa shape index (κ3) is 2.68. The first kappa shape index (κ1) is 19.3. The van der Waals surface area contributed by atoms with Crippen LogP contribution in [-0.4, -0.2) is 7.38 Å². The average Bonchev–Trinajstić information content (AvgIpc) is 2.89. The smallest absolute Gasteiger partial charge is 0.146 e. The summed E-state index contributed by atoms with van der Waals surface area (Å²) in [5.74, 6) is 0. The Morgan fingerprint density at radius 2 is 2.05 bits per heavy atom. The van der Waals surface area contributed by atoms with Crippen molar-refractivity contribution in [1.29, 1.82) is 0 Å². The first-order chi connectivity index (χ1) is 8.75. The summed E-state index contributed by atoms with van der Waals surface area (Å²) in [6.45, 7) is 2.23. The SMILES string of the molecule is CC[Si]1(Cl)c2[cH-]c3cccc(C4=CC=CC4)c3c21.[Cl-].[Cl-].[Hf]. The Labute approximate surface area is 162 Å². The van der Waals surface area contributed by atoms with Crippen molar-refractivity contribution in [1.82, 2.24) is 0 Å². The van der Waals surface area contributed by atoms with Gasteiger partial charge in [-0.1, -0.05) is 36.8 Å². The van der Waals surface area contributed by atoms with Gasteiger partial charge in [-0.2, -0.15) is 11.1 Å². The van der Waals surface area contributed by atoms with Crippen LogP contribution in [0.3, 0.4) is 0 Å². The molecule has 0 spiro atoms. The van der Waals surface area contributed by atoms with E-state index in [-0.39, 0.29) is 50.7 Å². The molecule has 1 aliphatic carbocycles. The van der Waals surface area contributed by atoms with Gasteiger partial charge in [0.25, 0.3) is 0 Å². The molecule has 21 heavy (non-hydrogen) atoms. The summed E-state index contributed by atoms with van der Waals surface area (Å²) in [6.07, 6.45) is 7.67. The number of halogens is 3. The van der Waals surface area contributed by atoms with Crippen molar-refractivity contribution in [2.24, 2.45) is 0 Å². The van der Waals surface area contributed by atoms with E-state index in [1.54, 1.807) is 0 Å². The minimum Gasteiger partial charge on any atom is -1.00 e. The molecule has 0 saturated carbocycles. The summed E-state index contributed by atoms with van der Waals surface area (Å²) < 4.78 is 0. The van der Waals surface area contributed by atoms with Crippen molar-refractivity contribution in [2.45, 2.75) is 19.4 Å². The second-order valence-electron chi connectivity index (χ2n) is 5.18. The van der Waals surface area contributed by atoms with Gasteiger partial charge in [-0.3, -0.25) is 0 Å². The molecule has 0 aromatic heterocycles. The number of fused-ring (bicyclic) bond motifs is 3. The topological polar surface area (TPSA) is 0 Å². The van der Waals surface area contributed by atoms with Crippen molar-refractivity contribution in [2.75, 3.05) is 0 Å². The Morgan fingerprint density at radius 1 is 1.29 bits per heavy atom. The van der Waals surface area contributed by atoms with E-state index < -0.39 is 7.38 Å². The normalized spacial score (nSPS) is 21.0. The fraction of sp³-hybridized carbons (Fsp3) is 0.188. The molecule has 0 saturated heterocycles. The molecule has 0 N–H and O–H groups in total. The fourth-order valence-corrected chi connectivity index (χ4v) is 7.45. The zero-order valence-electron chi connectivity index (χ0n) is 11.6. The van der Waals surface area contributed by atoms with Crippen molar-refractivity contribution >= 4 is 45.2 Å². The maximum atomic E-state index is 6.80. The summed E-state index contributed by atoms with van der Waals surface area (Å²) in [5.41, 5.74) is 2.84. The van der Waals surface area contributed by atoms with Crippen molar-refractivity contribution in [3.8, 4) is 0 Å². The van der Waals surface area contributed by atoms with E-state index in [0.29, 0.717) is 0 Å². The molecule has 1 unspecified atom stereocenters. The molecule has 0 nitrogen and oxygen atoms in total. The number of hydrogen-bond donors (Lipinski definition) is 0. The van der Waals surface area contributed by atoms with Gasteiger partial charge in [0.2, 0.25) is 0 Å². The number of hydrogen-bond acceptors (Lipinski definition) is 0. The molecule has 2 aromatic rings. The first-order valence-electron chi connectivity index (χ1n) is 6.54. The van der Waals surface area contributed by atoms with Crippen LogP contribution in [0.15, 0.2) is 42.5 Å². The predicted octanol–water partition coefficient (Wildman–Crippen LogP) is -2.46. The molecular formula is C16H14Cl3HfSi-3. The fourth-order valence-electron chi connectivity index (χ4n) is 3.24. The van der Waals surface area contributed by atoms with Crippen LogP contribution in [0.4, 0.5) is 0 Å². The zero-order chi connectivity index (χ0) is 12.3. The van der Waals surface area contributed by atoms with Gasteiger partial charge in [-0.05, 0) is 18.0 Å². The van der Waals surface area contributed by atoms with E-state index in [0.717, 1.165) is 12.5 Å². The first-order valence-corrected chi connectivity index (χ1v) is 9.76. The number of benzene rings is 1. The Balaban J connectivity index is 0.000000735. The van der Waals surface area contributed by atoms with Gasteiger partial charge in [0.15, 0.2) is 0 Å². The van der Waals surface area contributed by atoms with E-state index in [1.165, 1.54) is 32.3 Å². The summed E-state index contributed by atoms with van der Waals surface area (Å²) in [6, 6.07) is 10.1. The van der Waals surface area contributed by atoms with Crippen LogP contribution in [0, 0.1) is 0 Å². The Bertz CT molecular complexity index is 732. The standard InChI is InChI=1S/C16H14ClSi.2ClH.Hf/c1-2-18(17)14-10-12-8-5-9-13(15(12)16(14)18)11-6-3-4-7-11;;;/h3-6,8-10H,2,7H2,1H3;2*1H;/q-1;;;/p-2. The maximum absolute atomic E-state index is 6.80. The predicted molar refractivity (Wildman–Crippen MR) is 82.6 cm³/mol. The molecule has 1 aliphatic heterocycles. The van der Waals surface area contributed by atoms with E-state index in [9.17, 15) is 0 Å². The maximum Gasteiger partial charge on any atom is 0.146 e. The van der Waals surface area contributed by atoms with Crippen LogP contribution < -0.4 is 35.2 Å². The Hall–Kier alpha value is 0.267. The molecule has 110 valence electrons. The van der Waals surface area contributed by atoms with Crippen molar-refractivity contribution in [3.05, 3.63) is 48.1 Å². The minimum absolute atomic E-state index is 0. The van der Waals surface area contributed by atoms with Gasteiger partial charge < -0.3 is 24.8 Å². The molecule has 2 aliphatic rings. The average molecular weight is 519 g/mol. The van der Waals surface area contributed by atoms with E-state index in [1.807, 2.05) is 0 Å². The van der Waals surface area contributed by atoms with Crippen LogP contribution in [-0.2, 0) is 25.8 Å². The Morgan fingerprint density at radius 3 is 2.67 bits per heavy atom. The number of rotatable bonds is 2. The van der Waals surface area contributed by atoms with Gasteiger partial charge in [0.1, 0.15) is 7.38 Å². The molecule has 1 atom stereocenters.